The number of hydrogen-bond donors (Lipinski definition) is 0. The monoisotopic (exact) mass is 516 g/mol. The van der Waals surface area contributed by atoms with Crippen molar-refractivity contribution in [3.63, 3.8) is 0 Å². The SMILES string of the molecule is F[B-](F)(F)F.[C-]#[O+].[C-]#[O+].[C-]#[O+].[C-]#[O+].[C-]#[O+].[C-]#[O+].[CH]1[CH][CH][C](c2ccc[cH+]cc2)[CH]1.[Cr].[Mn]. The summed E-state index contributed by atoms with van der Waals surface area (Å²) in [5, 5.41) is 0. The van der Waals surface area contributed by atoms with Crippen molar-refractivity contribution in [1.82, 2.24) is 0 Å². The first-order valence-electron chi connectivity index (χ1n) is 6.17. The van der Waals surface area contributed by atoms with Gasteiger partial charge in [0, 0.05) is 82.3 Å². The third-order valence-corrected chi connectivity index (χ3v) is 1.88. The minimum absolute atomic E-state index is 0. The molecule has 13 heteroatoms. The maximum atomic E-state index is 9.75. The molecule has 0 atom stereocenters. The van der Waals surface area contributed by atoms with Gasteiger partial charge in [-0.25, -0.2) is 0 Å². The van der Waals surface area contributed by atoms with Crippen LogP contribution in [0.4, 0.5) is 17.3 Å². The molecular weight excluding hydrogens is 506 g/mol. The third-order valence-electron chi connectivity index (χ3n) is 1.88. The molecule has 2 rings (SSSR count). The molecule has 1 aliphatic carbocycles. The Morgan fingerprint density at radius 2 is 0.968 bits per heavy atom. The molecule has 31 heavy (non-hydrogen) atoms. The van der Waals surface area contributed by atoms with Gasteiger partial charge < -0.3 is 17.3 Å². The van der Waals surface area contributed by atoms with Gasteiger partial charge in [0.25, 0.3) is 0 Å². The second-order valence-corrected chi connectivity index (χ2v) is 3.23. The summed E-state index contributed by atoms with van der Waals surface area (Å²) in [6, 6.07) is 12.4. The Bertz CT molecular complexity index is 521. The zero-order valence-corrected chi connectivity index (χ0v) is 17.6. The summed E-state index contributed by atoms with van der Waals surface area (Å²) in [4.78, 5) is 0. The van der Waals surface area contributed by atoms with Crippen LogP contribution in [0.2, 0.25) is 0 Å². The summed E-state index contributed by atoms with van der Waals surface area (Å²) in [6.07, 6.45) is 8.36. The van der Waals surface area contributed by atoms with E-state index in [-0.39, 0.29) is 34.4 Å². The van der Waals surface area contributed by atoms with Crippen LogP contribution in [0.5, 0.6) is 0 Å². The Balaban J connectivity index is -0.0000000401. The van der Waals surface area contributed by atoms with E-state index in [4.69, 9.17) is 27.9 Å². The number of hydrogen-bond acceptors (Lipinski definition) is 0. The van der Waals surface area contributed by atoms with Crippen LogP contribution in [0.1, 0.15) is 5.56 Å². The molecule has 1 aromatic rings. The zero-order valence-electron chi connectivity index (χ0n) is 15.1. The van der Waals surface area contributed by atoms with Crippen molar-refractivity contribution in [2.45, 2.75) is 0 Å². The number of rotatable bonds is 1. The van der Waals surface area contributed by atoms with E-state index < -0.39 is 7.25 Å². The molecule has 0 unspecified atom stereocenters. The first-order chi connectivity index (χ1) is 14.0. The quantitative estimate of drug-likeness (QED) is 0.234. The van der Waals surface area contributed by atoms with Gasteiger partial charge in [0.1, 0.15) is 0 Å². The van der Waals surface area contributed by atoms with E-state index in [1.54, 1.807) is 0 Å². The van der Waals surface area contributed by atoms with Gasteiger partial charge in [0.15, 0.2) is 0 Å². The van der Waals surface area contributed by atoms with Gasteiger partial charge in [-0.05, 0) is 25.7 Å². The Hall–Kier alpha value is -1.63. The fourth-order valence-electron chi connectivity index (χ4n) is 1.26. The molecule has 6 radical (unpaired) electrons. The van der Waals surface area contributed by atoms with E-state index in [0.29, 0.717) is 0 Å². The van der Waals surface area contributed by atoms with E-state index in [1.165, 1.54) is 11.5 Å². The fourth-order valence-corrected chi connectivity index (χ4v) is 1.26. The Labute approximate surface area is 200 Å². The van der Waals surface area contributed by atoms with Gasteiger partial charge in [-0.2, -0.15) is 0 Å². The molecular formula is C18H10BCrF4MnO6. The van der Waals surface area contributed by atoms with Crippen molar-refractivity contribution in [3.8, 4) is 0 Å². The van der Waals surface area contributed by atoms with Gasteiger partial charge >= 0.3 is 75.1 Å². The van der Waals surface area contributed by atoms with Crippen molar-refractivity contribution in [3.05, 3.63) is 113 Å². The molecule has 0 N–H and O–H groups in total. The molecule has 6 nitrogen and oxygen atoms in total. The van der Waals surface area contributed by atoms with E-state index in [1.807, 2.05) is 12.1 Å². The summed E-state index contributed by atoms with van der Waals surface area (Å²) in [7, 11) is -6.00. The molecule has 0 heterocycles. The van der Waals surface area contributed by atoms with Crippen LogP contribution in [0, 0.1) is 71.5 Å². The van der Waals surface area contributed by atoms with Crippen LogP contribution in [0.3, 0.4) is 0 Å². The normalized spacial score (nSPS) is 9.29. The van der Waals surface area contributed by atoms with Crippen LogP contribution < -0.4 is 0 Å². The largest absolute Gasteiger partial charge is 0.0470 e. The number of halogens is 4. The smallest absolute Gasteiger partial charge is 0.0305 e. The fraction of sp³-hybridized carbons (Fsp3) is 0. The van der Waals surface area contributed by atoms with Gasteiger partial charge in [0.05, 0.1) is 0 Å². The predicted molar refractivity (Wildman–Crippen MR) is 84.2 cm³/mol. The van der Waals surface area contributed by atoms with Gasteiger partial charge in [-0.3, -0.25) is 0 Å². The second kappa shape index (κ2) is 51.2. The first kappa shape index (κ1) is 51.8. The van der Waals surface area contributed by atoms with E-state index >= 15 is 0 Å². The van der Waals surface area contributed by atoms with Crippen molar-refractivity contribution in [2.75, 3.05) is 0 Å². The van der Waals surface area contributed by atoms with Gasteiger partial charge in [-0.1, -0.05) is 0 Å². The summed E-state index contributed by atoms with van der Waals surface area (Å²) in [5.74, 6) is 1.28. The molecule has 0 spiro atoms. The second-order valence-electron chi connectivity index (χ2n) is 3.23. The zero-order chi connectivity index (χ0) is 24.7. The average molecular weight is 516 g/mol. The molecule has 0 aliphatic heterocycles. The Kier molecular flexibility index (Phi) is 85.5. The molecule has 162 valence electrons. The molecule has 0 aromatic heterocycles. The molecule has 1 saturated carbocycles. The minimum atomic E-state index is -6.00. The summed E-state index contributed by atoms with van der Waals surface area (Å²) < 4.78 is 84.0. The van der Waals surface area contributed by atoms with Gasteiger partial charge in [0.2, 0.25) is 0 Å². The molecule has 1 aromatic carbocycles. The first-order valence-corrected chi connectivity index (χ1v) is 6.17. The van der Waals surface area contributed by atoms with Gasteiger partial charge in [-0.15, -0.1) is 0 Å². The van der Waals surface area contributed by atoms with Crippen molar-refractivity contribution in [1.29, 1.82) is 0 Å². The van der Waals surface area contributed by atoms with Crippen molar-refractivity contribution >= 4 is 7.25 Å². The third kappa shape index (κ3) is 58.5. The van der Waals surface area contributed by atoms with E-state index in [0.717, 1.165) is 0 Å². The summed E-state index contributed by atoms with van der Waals surface area (Å²) in [5.41, 5.74) is 1.27. The topological polar surface area (TPSA) is 119 Å². The van der Waals surface area contributed by atoms with Crippen molar-refractivity contribution < 1.29 is 79.6 Å². The molecule has 1 aliphatic rings. The van der Waals surface area contributed by atoms with Crippen LogP contribution in [0.15, 0.2) is 36.4 Å². The van der Waals surface area contributed by atoms with E-state index in [2.05, 4.69) is 89.9 Å². The molecule has 0 bridgehead atoms. The predicted octanol–water partition coefficient (Wildman–Crippen LogP) is 3.79. The van der Waals surface area contributed by atoms with E-state index in [9.17, 15) is 17.3 Å². The van der Waals surface area contributed by atoms with Crippen LogP contribution >= 0.6 is 0 Å². The molecule has 0 saturated heterocycles. The standard InChI is InChI=1S/C12H10.6CO.BF4.Cr.Mn/c1-2-4-8-11(7-3-1)12-9-5-6-10-12;6*1-2;2-1(3,4)5;;/h1-10H;;;;;;;;;/q+1;;;;;;;-1;;. The Morgan fingerprint density at radius 1 is 0.645 bits per heavy atom. The van der Waals surface area contributed by atoms with Crippen molar-refractivity contribution in [2.24, 2.45) is 0 Å². The minimum Gasteiger partial charge on any atom is -0.0305 e. The molecule has 1 fully saturated rings. The maximum Gasteiger partial charge on any atom is 0.0470 e. The molecule has 0 amide bonds. The van der Waals surface area contributed by atoms with Crippen LogP contribution in [-0.4, -0.2) is 7.25 Å². The maximum absolute atomic E-state index is 9.75. The van der Waals surface area contributed by atoms with Crippen LogP contribution in [0.25, 0.3) is 0 Å². The summed E-state index contributed by atoms with van der Waals surface area (Å²) >= 11 is 0. The Morgan fingerprint density at radius 3 is 1.29 bits per heavy atom. The summed E-state index contributed by atoms with van der Waals surface area (Å²) in [6.45, 7) is 27.0. The average Bonchev–Trinajstić information content (AvgIpc) is 3.18. The van der Waals surface area contributed by atoms with Crippen LogP contribution in [-0.2, 0) is 62.3 Å².